The number of alkyl halides is 1. The maximum Gasteiger partial charge on any atom is 0.213 e. The van der Waals surface area contributed by atoms with Crippen LogP contribution in [0.25, 0.3) is 0 Å². The van der Waals surface area contributed by atoms with E-state index in [1.165, 1.54) is 32.1 Å². The van der Waals surface area contributed by atoms with Gasteiger partial charge in [0, 0.05) is 6.07 Å². The zero-order chi connectivity index (χ0) is 11.2. The minimum Gasteiger partial charge on any atom is -0.477 e. The van der Waals surface area contributed by atoms with Crippen molar-refractivity contribution in [3.8, 4) is 5.88 Å². The van der Waals surface area contributed by atoms with Crippen LogP contribution in [0.5, 0.6) is 5.88 Å². The van der Waals surface area contributed by atoms with Gasteiger partial charge in [-0.05, 0) is 24.8 Å². The van der Waals surface area contributed by atoms with Gasteiger partial charge in [0.25, 0.3) is 0 Å². The van der Waals surface area contributed by atoms with Crippen molar-refractivity contribution < 1.29 is 4.74 Å². The second kappa shape index (κ2) is 6.09. The van der Waals surface area contributed by atoms with Gasteiger partial charge in [-0.15, -0.1) is 11.6 Å². The lowest BCUT2D eigenvalue weighted by molar-refractivity contribution is 0.202. The van der Waals surface area contributed by atoms with Gasteiger partial charge in [0.1, 0.15) is 0 Å². The average Bonchev–Trinajstić information content (AvgIpc) is 2.38. The molecule has 1 aliphatic carbocycles. The number of aromatic nitrogens is 1. The standard InChI is InChI=1S/C13H18ClNO/c14-9-12-7-4-8-13(15-12)16-10-11-5-2-1-3-6-11/h4,7-8,11H,1-3,5-6,9-10H2. The van der Waals surface area contributed by atoms with Gasteiger partial charge in [0.05, 0.1) is 18.2 Å². The highest BCUT2D eigenvalue weighted by Gasteiger charge is 2.14. The summed E-state index contributed by atoms with van der Waals surface area (Å²) in [5.41, 5.74) is 0.878. The van der Waals surface area contributed by atoms with Crippen LogP contribution in [0, 0.1) is 5.92 Å². The van der Waals surface area contributed by atoms with E-state index in [2.05, 4.69) is 4.98 Å². The third-order valence-electron chi connectivity index (χ3n) is 3.11. The third kappa shape index (κ3) is 3.38. The fraction of sp³-hybridized carbons (Fsp3) is 0.615. The first-order valence-corrected chi connectivity index (χ1v) is 6.56. The van der Waals surface area contributed by atoms with Gasteiger partial charge in [-0.2, -0.15) is 0 Å². The molecule has 1 aromatic rings. The molecule has 3 heteroatoms. The minimum absolute atomic E-state index is 0.445. The monoisotopic (exact) mass is 239 g/mol. The summed E-state index contributed by atoms with van der Waals surface area (Å²) in [5, 5.41) is 0. The number of nitrogens with zero attached hydrogens (tertiary/aromatic N) is 1. The van der Waals surface area contributed by atoms with E-state index < -0.39 is 0 Å². The first kappa shape index (κ1) is 11.7. The topological polar surface area (TPSA) is 22.1 Å². The van der Waals surface area contributed by atoms with Crippen molar-refractivity contribution in [1.82, 2.24) is 4.98 Å². The number of pyridine rings is 1. The summed E-state index contributed by atoms with van der Waals surface area (Å²) >= 11 is 5.73. The van der Waals surface area contributed by atoms with Crippen LogP contribution in [0.1, 0.15) is 37.8 Å². The normalized spacial score (nSPS) is 17.3. The average molecular weight is 240 g/mol. The molecule has 0 spiro atoms. The summed E-state index contributed by atoms with van der Waals surface area (Å²) in [6.45, 7) is 0.804. The van der Waals surface area contributed by atoms with Crippen molar-refractivity contribution in [3.63, 3.8) is 0 Å². The smallest absolute Gasteiger partial charge is 0.213 e. The predicted octanol–water partition coefficient (Wildman–Crippen LogP) is 3.78. The first-order valence-electron chi connectivity index (χ1n) is 6.03. The largest absolute Gasteiger partial charge is 0.477 e. The van der Waals surface area contributed by atoms with E-state index in [1.54, 1.807) is 0 Å². The van der Waals surface area contributed by atoms with Crippen LogP contribution in [-0.4, -0.2) is 11.6 Å². The highest BCUT2D eigenvalue weighted by atomic mass is 35.5. The molecule has 88 valence electrons. The molecule has 1 heterocycles. The fourth-order valence-corrected chi connectivity index (χ4v) is 2.32. The molecule has 1 aliphatic rings. The van der Waals surface area contributed by atoms with Crippen molar-refractivity contribution in [2.45, 2.75) is 38.0 Å². The Morgan fingerprint density at radius 3 is 2.81 bits per heavy atom. The maximum atomic E-state index is 5.73. The van der Waals surface area contributed by atoms with Crippen molar-refractivity contribution in [2.24, 2.45) is 5.92 Å². The quantitative estimate of drug-likeness (QED) is 0.746. The Morgan fingerprint density at radius 2 is 2.06 bits per heavy atom. The third-order valence-corrected chi connectivity index (χ3v) is 3.38. The van der Waals surface area contributed by atoms with Crippen LogP contribution in [-0.2, 0) is 5.88 Å². The number of rotatable bonds is 4. The number of halogens is 1. The molecule has 0 radical (unpaired) electrons. The van der Waals surface area contributed by atoms with Crippen molar-refractivity contribution in [3.05, 3.63) is 23.9 Å². The highest BCUT2D eigenvalue weighted by Crippen LogP contribution is 2.24. The molecular formula is C13H18ClNO. The molecule has 0 aliphatic heterocycles. The lowest BCUT2D eigenvalue weighted by Crippen LogP contribution is -2.15. The molecule has 0 saturated heterocycles. The molecule has 2 nitrogen and oxygen atoms in total. The van der Waals surface area contributed by atoms with E-state index in [0.717, 1.165) is 18.2 Å². The van der Waals surface area contributed by atoms with Crippen LogP contribution in [0.2, 0.25) is 0 Å². The van der Waals surface area contributed by atoms with E-state index >= 15 is 0 Å². The second-order valence-corrected chi connectivity index (χ2v) is 4.68. The van der Waals surface area contributed by atoms with Gasteiger partial charge in [-0.1, -0.05) is 25.3 Å². The number of hydrogen-bond acceptors (Lipinski definition) is 2. The molecule has 2 rings (SSSR count). The molecule has 1 saturated carbocycles. The summed E-state index contributed by atoms with van der Waals surface area (Å²) < 4.78 is 5.72. The second-order valence-electron chi connectivity index (χ2n) is 4.42. The number of hydrogen-bond donors (Lipinski definition) is 0. The van der Waals surface area contributed by atoms with E-state index in [0.29, 0.717) is 11.8 Å². The molecule has 1 fully saturated rings. The van der Waals surface area contributed by atoms with Gasteiger partial charge < -0.3 is 4.74 Å². The van der Waals surface area contributed by atoms with Crippen LogP contribution >= 0.6 is 11.6 Å². The van der Waals surface area contributed by atoms with Crippen molar-refractivity contribution in [1.29, 1.82) is 0 Å². The van der Waals surface area contributed by atoms with Gasteiger partial charge >= 0.3 is 0 Å². The van der Waals surface area contributed by atoms with Gasteiger partial charge in [0.2, 0.25) is 5.88 Å². The first-order chi connectivity index (χ1) is 7.88. The Bertz CT molecular complexity index is 323. The van der Waals surface area contributed by atoms with E-state index in [4.69, 9.17) is 16.3 Å². The Balaban J connectivity index is 1.83. The van der Waals surface area contributed by atoms with Gasteiger partial charge in [-0.25, -0.2) is 4.98 Å². The molecule has 0 aromatic carbocycles. The van der Waals surface area contributed by atoms with Crippen molar-refractivity contribution >= 4 is 11.6 Å². The van der Waals surface area contributed by atoms with Gasteiger partial charge in [-0.3, -0.25) is 0 Å². The van der Waals surface area contributed by atoms with Crippen LogP contribution in [0.3, 0.4) is 0 Å². The van der Waals surface area contributed by atoms with E-state index in [-0.39, 0.29) is 0 Å². The zero-order valence-corrected chi connectivity index (χ0v) is 10.2. The number of ether oxygens (including phenoxy) is 1. The summed E-state index contributed by atoms with van der Waals surface area (Å²) in [6.07, 6.45) is 6.69. The summed E-state index contributed by atoms with van der Waals surface area (Å²) in [4.78, 5) is 4.32. The van der Waals surface area contributed by atoms with E-state index in [1.807, 2.05) is 18.2 Å². The fourth-order valence-electron chi connectivity index (χ4n) is 2.17. The lowest BCUT2D eigenvalue weighted by Gasteiger charge is -2.21. The highest BCUT2D eigenvalue weighted by molar-refractivity contribution is 6.16. The Hall–Kier alpha value is -0.760. The molecule has 0 amide bonds. The molecule has 16 heavy (non-hydrogen) atoms. The molecule has 0 atom stereocenters. The van der Waals surface area contributed by atoms with Crippen LogP contribution in [0.4, 0.5) is 0 Å². The molecule has 1 aromatic heterocycles. The summed E-state index contributed by atoms with van der Waals surface area (Å²) in [7, 11) is 0. The molecule has 0 N–H and O–H groups in total. The Kier molecular flexibility index (Phi) is 4.46. The molecular weight excluding hydrogens is 222 g/mol. The van der Waals surface area contributed by atoms with Crippen molar-refractivity contribution in [2.75, 3.05) is 6.61 Å². The lowest BCUT2D eigenvalue weighted by atomic mass is 9.90. The minimum atomic E-state index is 0.445. The Labute approximate surface area is 102 Å². The Morgan fingerprint density at radius 1 is 1.25 bits per heavy atom. The van der Waals surface area contributed by atoms with E-state index in [9.17, 15) is 0 Å². The molecule has 0 unspecified atom stereocenters. The summed E-state index contributed by atoms with van der Waals surface area (Å²) in [6, 6.07) is 5.76. The predicted molar refractivity (Wildman–Crippen MR) is 65.9 cm³/mol. The summed E-state index contributed by atoms with van der Waals surface area (Å²) in [5.74, 6) is 1.87. The maximum absolute atomic E-state index is 5.73. The zero-order valence-electron chi connectivity index (χ0n) is 9.49. The van der Waals surface area contributed by atoms with Crippen LogP contribution < -0.4 is 4.74 Å². The molecule has 0 bridgehead atoms. The van der Waals surface area contributed by atoms with Gasteiger partial charge in [0.15, 0.2) is 0 Å². The van der Waals surface area contributed by atoms with Crippen LogP contribution in [0.15, 0.2) is 18.2 Å². The SMILES string of the molecule is ClCc1cccc(OCC2CCCCC2)n1.